The van der Waals surface area contributed by atoms with Crippen LogP contribution >= 0.6 is 0 Å². The first-order chi connectivity index (χ1) is 17.3. The van der Waals surface area contributed by atoms with Crippen LogP contribution < -0.4 is 44.1 Å². The van der Waals surface area contributed by atoms with E-state index in [4.69, 9.17) is 9.72 Å². The number of carboxylic acid groups (broad SMARTS) is 1. The summed E-state index contributed by atoms with van der Waals surface area (Å²) in [6, 6.07) is 20.8. The molecule has 0 aliphatic rings. The zero-order valence-electron chi connectivity index (χ0n) is 20.3. The minimum Gasteiger partial charge on any atom is -0.550 e. The van der Waals surface area contributed by atoms with Gasteiger partial charge in [0.05, 0.1) is 24.2 Å². The van der Waals surface area contributed by atoms with Crippen molar-refractivity contribution < 1.29 is 62.1 Å². The molecule has 0 saturated carbocycles. The average molecular weight is 520 g/mol. The number of carboxylic acids is 1. The zero-order chi connectivity index (χ0) is 25.5. The number of fused-ring (bicyclic) bond motifs is 1. The second kappa shape index (κ2) is 13.0. The van der Waals surface area contributed by atoms with Crippen molar-refractivity contribution in [1.82, 2.24) is 9.55 Å². The number of aliphatic carboxylic acids is 1. The van der Waals surface area contributed by atoms with Crippen LogP contribution in [0.25, 0.3) is 22.4 Å². The SMILES string of the molecule is O=C([O-])CCCCCOc1ccccc1Cn1c(-c2ccc(OC(F)(F)F)cc2)nc2ccccc21.[Na+]. The molecule has 4 aromatic rings. The van der Waals surface area contributed by atoms with Gasteiger partial charge >= 0.3 is 35.9 Å². The van der Waals surface area contributed by atoms with Gasteiger partial charge in [0.15, 0.2) is 0 Å². The molecule has 37 heavy (non-hydrogen) atoms. The van der Waals surface area contributed by atoms with Gasteiger partial charge in [-0.25, -0.2) is 4.98 Å². The number of carbonyl (C=O) groups excluding carboxylic acids is 1. The van der Waals surface area contributed by atoms with E-state index in [1.54, 1.807) is 12.1 Å². The van der Waals surface area contributed by atoms with E-state index in [0.717, 1.165) is 23.0 Å². The molecule has 1 aromatic heterocycles. The predicted molar refractivity (Wildman–Crippen MR) is 126 cm³/mol. The Hall–Kier alpha value is -3.01. The summed E-state index contributed by atoms with van der Waals surface area (Å²) in [4.78, 5) is 15.3. The van der Waals surface area contributed by atoms with Crippen LogP contribution in [-0.4, -0.2) is 28.5 Å². The largest absolute Gasteiger partial charge is 1.00 e. The van der Waals surface area contributed by atoms with E-state index in [0.29, 0.717) is 43.1 Å². The van der Waals surface area contributed by atoms with E-state index in [-0.39, 0.29) is 41.7 Å². The summed E-state index contributed by atoms with van der Waals surface area (Å²) in [5.41, 5.74) is 3.19. The van der Waals surface area contributed by atoms with E-state index < -0.39 is 12.3 Å². The van der Waals surface area contributed by atoms with Gasteiger partial charge < -0.3 is 23.9 Å². The van der Waals surface area contributed by atoms with Gasteiger partial charge in [-0.05, 0) is 68.1 Å². The minimum atomic E-state index is -4.76. The summed E-state index contributed by atoms with van der Waals surface area (Å²) in [6.07, 6.45) is -2.74. The molecule has 0 unspecified atom stereocenters. The van der Waals surface area contributed by atoms with Crippen molar-refractivity contribution >= 4 is 17.0 Å². The van der Waals surface area contributed by atoms with Crippen LogP contribution in [-0.2, 0) is 11.3 Å². The maximum atomic E-state index is 12.6. The third-order valence-electron chi connectivity index (χ3n) is 5.58. The number of ether oxygens (including phenoxy) is 2. The third-order valence-corrected chi connectivity index (χ3v) is 5.58. The number of alkyl halides is 3. The van der Waals surface area contributed by atoms with E-state index in [2.05, 4.69) is 4.74 Å². The van der Waals surface area contributed by atoms with Crippen LogP contribution in [0.1, 0.15) is 31.2 Å². The van der Waals surface area contributed by atoms with Gasteiger partial charge in [0.25, 0.3) is 0 Å². The number of aromatic nitrogens is 2. The summed E-state index contributed by atoms with van der Waals surface area (Å²) >= 11 is 0. The van der Waals surface area contributed by atoms with Crippen molar-refractivity contribution in [2.24, 2.45) is 0 Å². The van der Waals surface area contributed by atoms with Crippen LogP contribution in [0, 0.1) is 0 Å². The fourth-order valence-electron chi connectivity index (χ4n) is 3.94. The van der Waals surface area contributed by atoms with Crippen molar-refractivity contribution in [3.63, 3.8) is 0 Å². The Morgan fingerprint density at radius 1 is 0.919 bits per heavy atom. The number of nitrogens with zero attached hydrogens (tertiary/aromatic N) is 2. The standard InChI is InChI=1S/C27H25F3N2O4.Na/c28-27(29,30)36-21-15-13-19(14-16-21)26-31-22-9-4-5-10-23(22)32(26)18-20-8-3-6-11-24(20)35-17-7-1-2-12-25(33)34;/h3-6,8-11,13-16H,1-2,7,12,17-18H2,(H,33,34);/q;+1/p-1. The van der Waals surface area contributed by atoms with Crippen LogP contribution in [0.4, 0.5) is 13.2 Å². The molecule has 0 radical (unpaired) electrons. The van der Waals surface area contributed by atoms with Gasteiger partial charge in [-0.2, -0.15) is 0 Å². The fourth-order valence-corrected chi connectivity index (χ4v) is 3.94. The molecule has 0 spiro atoms. The summed E-state index contributed by atoms with van der Waals surface area (Å²) in [7, 11) is 0. The van der Waals surface area contributed by atoms with Crippen LogP contribution in [0.2, 0.25) is 0 Å². The Kier molecular flexibility index (Phi) is 10.0. The Labute approximate surface area is 234 Å². The van der Waals surface area contributed by atoms with Crippen LogP contribution in [0.15, 0.2) is 72.8 Å². The van der Waals surface area contributed by atoms with E-state index >= 15 is 0 Å². The van der Waals surface area contributed by atoms with Crippen molar-refractivity contribution in [1.29, 1.82) is 0 Å². The Balaban J connectivity index is 0.00000380. The minimum absolute atomic E-state index is 0. The molecular weight excluding hydrogens is 496 g/mol. The van der Waals surface area contributed by atoms with E-state index in [1.807, 2.05) is 53.1 Å². The molecule has 0 fully saturated rings. The van der Waals surface area contributed by atoms with Crippen molar-refractivity contribution in [2.45, 2.75) is 38.6 Å². The maximum absolute atomic E-state index is 12.6. The Bertz CT molecular complexity index is 1320. The molecular formula is C27H24F3N2NaO4. The number of hydrogen-bond acceptors (Lipinski definition) is 5. The predicted octanol–water partition coefficient (Wildman–Crippen LogP) is 2.34. The monoisotopic (exact) mass is 520 g/mol. The van der Waals surface area contributed by atoms with Gasteiger partial charge in [-0.15, -0.1) is 13.2 Å². The summed E-state index contributed by atoms with van der Waals surface area (Å²) in [5.74, 6) is -0.0404. The molecule has 0 N–H and O–H groups in total. The Morgan fingerprint density at radius 2 is 1.62 bits per heavy atom. The summed E-state index contributed by atoms with van der Waals surface area (Å²) < 4.78 is 49.6. The number of carbonyl (C=O) groups is 1. The first kappa shape index (κ1) is 28.6. The summed E-state index contributed by atoms with van der Waals surface area (Å²) in [6.45, 7) is 0.875. The number of imidazole rings is 1. The molecule has 4 rings (SSSR count). The van der Waals surface area contributed by atoms with Crippen LogP contribution in [0.5, 0.6) is 11.5 Å². The zero-order valence-corrected chi connectivity index (χ0v) is 22.3. The van der Waals surface area contributed by atoms with Gasteiger partial charge in [0.1, 0.15) is 17.3 Å². The second-order valence-corrected chi connectivity index (χ2v) is 8.22. The van der Waals surface area contributed by atoms with E-state index in [1.165, 1.54) is 12.1 Å². The van der Waals surface area contributed by atoms with Gasteiger partial charge in [0, 0.05) is 17.1 Å². The first-order valence-corrected chi connectivity index (χ1v) is 11.5. The molecule has 10 heteroatoms. The average Bonchev–Trinajstić information content (AvgIpc) is 3.20. The Morgan fingerprint density at radius 3 is 2.35 bits per heavy atom. The molecule has 0 atom stereocenters. The second-order valence-electron chi connectivity index (χ2n) is 8.22. The molecule has 0 saturated heterocycles. The topological polar surface area (TPSA) is 76.4 Å². The molecule has 0 amide bonds. The number of benzene rings is 3. The maximum Gasteiger partial charge on any atom is 1.00 e. The van der Waals surface area contributed by atoms with Crippen LogP contribution in [0.3, 0.4) is 0 Å². The molecule has 6 nitrogen and oxygen atoms in total. The normalized spacial score (nSPS) is 11.2. The molecule has 1 heterocycles. The van der Waals surface area contributed by atoms with Gasteiger partial charge in [-0.1, -0.05) is 30.3 Å². The van der Waals surface area contributed by atoms with Gasteiger partial charge in [-0.3, -0.25) is 0 Å². The molecule has 0 aliphatic heterocycles. The molecule has 188 valence electrons. The first-order valence-electron chi connectivity index (χ1n) is 11.5. The van der Waals surface area contributed by atoms with Crippen molar-refractivity contribution in [2.75, 3.05) is 6.61 Å². The van der Waals surface area contributed by atoms with Crippen molar-refractivity contribution in [3.8, 4) is 22.9 Å². The fraction of sp³-hybridized carbons (Fsp3) is 0.259. The number of hydrogen-bond donors (Lipinski definition) is 0. The molecule has 0 aliphatic carbocycles. The van der Waals surface area contributed by atoms with Crippen molar-refractivity contribution in [3.05, 3.63) is 78.4 Å². The van der Waals surface area contributed by atoms with Gasteiger partial charge in [0.2, 0.25) is 0 Å². The smallest absolute Gasteiger partial charge is 0.550 e. The number of unbranched alkanes of at least 4 members (excludes halogenated alkanes) is 2. The quantitative estimate of drug-likeness (QED) is 0.224. The number of para-hydroxylation sites is 3. The third kappa shape index (κ3) is 7.99. The molecule has 3 aromatic carbocycles. The summed E-state index contributed by atoms with van der Waals surface area (Å²) in [5, 5.41) is 10.5. The number of halogens is 3. The molecule has 0 bridgehead atoms. The van der Waals surface area contributed by atoms with E-state index in [9.17, 15) is 23.1 Å². The number of rotatable bonds is 11.